The number of para-hydroxylation sites is 2. The van der Waals surface area contributed by atoms with E-state index in [-0.39, 0.29) is 0 Å². The second-order valence-corrected chi connectivity index (χ2v) is 5.87. The summed E-state index contributed by atoms with van der Waals surface area (Å²) in [5, 5.41) is 0. The number of nitrogens with zero attached hydrogens (tertiary/aromatic N) is 2. The molecule has 0 aliphatic carbocycles. The van der Waals surface area contributed by atoms with E-state index >= 15 is 0 Å². The van der Waals surface area contributed by atoms with Gasteiger partial charge in [-0.25, -0.2) is 0 Å². The Balaban J connectivity index is 1.56. The third-order valence-electron chi connectivity index (χ3n) is 4.26. The molecule has 2 aromatic carbocycles. The first-order chi connectivity index (χ1) is 11.9. The number of benzene rings is 2. The maximum absolute atomic E-state index is 5.89. The van der Waals surface area contributed by atoms with E-state index in [1.54, 1.807) is 0 Å². The normalized spacial score (nSPS) is 17.8. The number of anilines is 2. The van der Waals surface area contributed by atoms with Gasteiger partial charge in [0.2, 0.25) is 0 Å². The molecule has 3 rings (SSSR count). The Morgan fingerprint density at radius 1 is 0.500 bits per heavy atom. The van der Waals surface area contributed by atoms with Gasteiger partial charge in [0.05, 0.1) is 26.4 Å². The summed E-state index contributed by atoms with van der Waals surface area (Å²) >= 11 is 0. The highest BCUT2D eigenvalue weighted by atomic mass is 16.5. The highest BCUT2D eigenvalue weighted by molar-refractivity contribution is 5.46. The molecule has 0 spiro atoms. The monoisotopic (exact) mass is 326 g/mol. The predicted octanol–water partition coefficient (Wildman–Crippen LogP) is 3.05. The van der Waals surface area contributed by atoms with Gasteiger partial charge < -0.3 is 19.3 Å². The van der Waals surface area contributed by atoms with Gasteiger partial charge in [0, 0.05) is 37.6 Å². The molecule has 1 aliphatic heterocycles. The van der Waals surface area contributed by atoms with Crippen molar-refractivity contribution in [2.45, 2.75) is 0 Å². The van der Waals surface area contributed by atoms with E-state index in [0.29, 0.717) is 0 Å². The van der Waals surface area contributed by atoms with Crippen LogP contribution < -0.4 is 9.80 Å². The van der Waals surface area contributed by atoms with E-state index < -0.39 is 0 Å². The van der Waals surface area contributed by atoms with Gasteiger partial charge in [-0.3, -0.25) is 0 Å². The fourth-order valence-electron chi connectivity index (χ4n) is 2.92. The van der Waals surface area contributed by atoms with Crippen molar-refractivity contribution < 1.29 is 9.47 Å². The molecule has 0 radical (unpaired) electrons. The Labute approximate surface area is 144 Å². The Hall–Kier alpha value is -2.04. The van der Waals surface area contributed by atoms with E-state index in [1.807, 2.05) is 12.1 Å². The van der Waals surface area contributed by atoms with Crippen molar-refractivity contribution in [1.82, 2.24) is 0 Å². The minimum absolute atomic E-state index is 0.734. The smallest absolute Gasteiger partial charge is 0.0642 e. The van der Waals surface area contributed by atoms with Gasteiger partial charge in [0.15, 0.2) is 0 Å². The summed E-state index contributed by atoms with van der Waals surface area (Å²) in [4.78, 5) is 4.66. The molecule has 0 bridgehead atoms. The summed E-state index contributed by atoms with van der Waals surface area (Å²) in [6.45, 7) is 6.49. The first kappa shape index (κ1) is 16.8. The molecule has 0 atom stereocenters. The predicted molar refractivity (Wildman–Crippen MR) is 98.9 cm³/mol. The van der Waals surface area contributed by atoms with Crippen molar-refractivity contribution in [2.75, 3.05) is 62.4 Å². The number of ether oxygens (including phenoxy) is 2. The summed E-state index contributed by atoms with van der Waals surface area (Å²) < 4.78 is 11.8. The van der Waals surface area contributed by atoms with Crippen LogP contribution in [0.25, 0.3) is 0 Å². The second-order valence-electron chi connectivity index (χ2n) is 5.87. The van der Waals surface area contributed by atoms with Crippen LogP contribution in [0.5, 0.6) is 0 Å². The molecule has 0 saturated carbocycles. The summed E-state index contributed by atoms with van der Waals surface area (Å²) in [5.74, 6) is 0. The maximum Gasteiger partial charge on any atom is 0.0642 e. The maximum atomic E-state index is 5.89. The van der Waals surface area contributed by atoms with Crippen molar-refractivity contribution in [1.29, 1.82) is 0 Å². The molecule has 0 N–H and O–H groups in total. The zero-order valence-electron chi connectivity index (χ0n) is 14.1. The van der Waals surface area contributed by atoms with E-state index in [2.05, 4.69) is 58.3 Å². The fourth-order valence-corrected chi connectivity index (χ4v) is 2.92. The van der Waals surface area contributed by atoms with Crippen molar-refractivity contribution in [3.8, 4) is 0 Å². The van der Waals surface area contributed by atoms with Gasteiger partial charge in [-0.2, -0.15) is 0 Å². The van der Waals surface area contributed by atoms with E-state index in [1.165, 1.54) is 11.4 Å². The van der Waals surface area contributed by atoms with Crippen LogP contribution in [0.3, 0.4) is 0 Å². The molecule has 2 aromatic rings. The number of hydrogen-bond acceptors (Lipinski definition) is 4. The molecule has 128 valence electrons. The lowest BCUT2D eigenvalue weighted by Crippen LogP contribution is -2.36. The average Bonchev–Trinajstić information content (AvgIpc) is 2.64. The zero-order chi connectivity index (χ0) is 16.5. The van der Waals surface area contributed by atoms with Crippen LogP contribution in [-0.2, 0) is 9.47 Å². The quantitative estimate of drug-likeness (QED) is 0.847. The zero-order valence-corrected chi connectivity index (χ0v) is 14.1. The van der Waals surface area contributed by atoms with Gasteiger partial charge in [-0.15, -0.1) is 0 Å². The van der Waals surface area contributed by atoms with Crippen LogP contribution in [0.1, 0.15) is 0 Å². The molecule has 4 heteroatoms. The van der Waals surface area contributed by atoms with Gasteiger partial charge in [-0.1, -0.05) is 36.4 Å². The van der Waals surface area contributed by atoms with Gasteiger partial charge in [-0.05, 0) is 24.3 Å². The minimum atomic E-state index is 0.734. The Morgan fingerprint density at radius 2 is 0.833 bits per heavy atom. The molecule has 1 heterocycles. The first-order valence-corrected chi connectivity index (χ1v) is 8.69. The topological polar surface area (TPSA) is 24.9 Å². The molecule has 24 heavy (non-hydrogen) atoms. The minimum Gasteiger partial charge on any atom is -0.378 e. The van der Waals surface area contributed by atoms with Crippen molar-refractivity contribution in [2.24, 2.45) is 0 Å². The summed E-state index contributed by atoms with van der Waals surface area (Å²) in [6, 6.07) is 21.0. The van der Waals surface area contributed by atoms with Crippen LogP contribution in [0.4, 0.5) is 11.4 Å². The van der Waals surface area contributed by atoms with Crippen molar-refractivity contribution >= 4 is 11.4 Å². The molecular formula is C20H26N2O2. The Morgan fingerprint density at radius 3 is 1.17 bits per heavy atom. The van der Waals surface area contributed by atoms with Crippen LogP contribution in [-0.4, -0.2) is 52.6 Å². The van der Waals surface area contributed by atoms with E-state index in [4.69, 9.17) is 9.47 Å². The molecule has 1 fully saturated rings. The van der Waals surface area contributed by atoms with Crippen LogP contribution in [0.2, 0.25) is 0 Å². The van der Waals surface area contributed by atoms with Crippen LogP contribution >= 0.6 is 0 Å². The summed E-state index contributed by atoms with van der Waals surface area (Å²) in [5.41, 5.74) is 2.46. The largest absolute Gasteiger partial charge is 0.378 e. The second kappa shape index (κ2) is 9.30. The lowest BCUT2D eigenvalue weighted by Gasteiger charge is -2.28. The molecule has 1 saturated heterocycles. The van der Waals surface area contributed by atoms with Gasteiger partial charge in [0.1, 0.15) is 0 Å². The lowest BCUT2D eigenvalue weighted by atomic mass is 10.3. The van der Waals surface area contributed by atoms with Crippen molar-refractivity contribution in [3.05, 3.63) is 60.7 Å². The Kier molecular flexibility index (Phi) is 6.51. The molecule has 1 aliphatic rings. The SMILES string of the molecule is c1ccc(N2CCOCCN(c3ccccc3)CCOCC2)cc1. The fraction of sp³-hybridized carbons (Fsp3) is 0.400. The number of rotatable bonds is 2. The van der Waals surface area contributed by atoms with E-state index in [9.17, 15) is 0 Å². The molecule has 0 unspecified atom stereocenters. The third kappa shape index (κ3) is 4.98. The average molecular weight is 326 g/mol. The lowest BCUT2D eigenvalue weighted by molar-refractivity contribution is 0.123. The van der Waals surface area contributed by atoms with Crippen LogP contribution in [0.15, 0.2) is 60.7 Å². The molecule has 4 nitrogen and oxygen atoms in total. The summed E-state index contributed by atoms with van der Waals surface area (Å²) in [7, 11) is 0. The van der Waals surface area contributed by atoms with Crippen molar-refractivity contribution in [3.63, 3.8) is 0 Å². The van der Waals surface area contributed by atoms with Gasteiger partial charge >= 0.3 is 0 Å². The first-order valence-electron chi connectivity index (χ1n) is 8.69. The van der Waals surface area contributed by atoms with Crippen LogP contribution in [0, 0.1) is 0 Å². The van der Waals surface area contributed by atoms with E-state index in [0.717, 1.165) is 52.6 Å². The Bertz CT molecular complexity index is 511. The third-order valence-corrected chi connectivity index (χ3v) is 4.26. The van der Waals surface area contributed by atoms with Gasteiger partial charge in [0.25, 0.3) is 0 Å². The highest BCUT2D eigenvalue weighted by Gasteiger charge is 2.10. The highest BCUT2D eigenvalue weighted by Crippen LogP contribution is 2.14. The standard InChI is InChI=1S/C20H26N2O2/c1-3-7-19(8-4-1)21-11-15-23-17-13-22(14-18-24-16-12-21)20-9-5-2-6-10-20/h1-10H,11-18H2. The number of hydrogen-bond donors (Lipinski definition) is 0. The molecule has 0 aromatic heterocycles. The molecule has 0 amide bonds. The molecular weight excluding hydrogens is 300 g/mol. The summed E-state index contributed by atoms with van der Waals surface area (Å²) in [6.07, 6.45) is 0.